The number of hydrogen-bond acceptors (Lipinski definition) is 6. The number of carboxylic acids is 1. The van der Waals surface area contributed by atoms with E-state index in [1.807, 2.05) is 60.8 Å². The molecule has 0 bridgehead atoms. The third-order valence-electron chi connectivity index (χ3n) is 5.31. The first-order valence-corrected chi connectivity index (χ1v) is 11.5. The largest absolute Gasteiger partial charge is 0.490 e. The molecule has 0 radical (unpaired) electrons. The number of alkyl halides is 3. The van der Waals surface area contributed by atoms with Gasteiger partial charge in [0.05, 0.1) is 5.52 Å². The van der Waals surface area contributed by atoms with Crippen LogP contribution in [0.3, 0.4) is 0 Å². The van der Waals surface area contributed by atoms with E-state index in [4.69, 9.17) is 14.4 Å². The minimum Gasteiger partial charge on any atom is -0.475 e. The molecule has 0 aliphatic carbocycles. The van der Waals surface area contributed by atoms with Crippen molar-refractivity contribution in [3.63, 3.8) is 0 Å². The van der Waals surface area contributed by atoms with Crippen molar-refractivity contribution >= 4 is 28.7 Å². The summed E-state index contributed by atoms with van der Waals surface area (Å²) in [5, 5.41) is 18.3. The maximum Gasteiger partial charge on any atom is 0.490 e. The molecule has 1 amide bonds. The zero-order valence-corrected chi connectivity index (χ0v) is 20.3. The summed E-state index contributed by atoms with van der Waals surface area (Å²) in [5.74, 6) is -2.45. The van der Waals surface area contributed by atoms with Crippen LogP contribution in [0.2, 0.25) is 0 Å². The van der Waals surface area contributed by atoms with E-state index in [0.717, 1.165) is 35.0 Å². The molecule has 38 heavy (non-hydrogen) atoms. The molecule has 0 aliphatic heterocycles. The second-order valence-corrected chi connectivity index (χ2v) is 8.09. The molecular weight excluding hydrogens is 505 g/mol. The molecule has 2 heterocycles. The minimum absolute atomic E-state index is 0.00607. The van der Waals surface area contributed by atoms with E-state index in [2.05, 4.69) is 15.8 Å². The van der Waals surface area contributed by atoms with E-state index >= 15 is 0 Å². The van der Waals surface area contributed by atoms with Crippen LogP contribution < -0.4 is 10.6 Å². The van der Waals surface area contributed by atoms with Crippen molar-refractivity contribution in [3.8, 4) is 11.3 Å². The number of halogens is 3. The molecule has 0 saturated heterocycles. The van der Waals surface area contributed by atoms with E-state index in [1.54, 1.807) is 17.6 Å². The van der Waals surface area contributed by atoms with E-state index in [9.17, 15) is 22.8 Å². The zero-order chi connectivity index (χ0) is 27.7. The average molecular weight is 531 g/mol. The molecule has 0 unspecified atom stereocenters. The first-order chi connectivity index (χ1) is 18.1. The van der Waals surface area contributed by atoms with Gasteiger partial charge in [0, 0.05) is 43.2 Å². The molecule has 12 heteroatoms. The van der Waals surface area contributed by atoms with Crippen molar-refractivity contribution in [2.75, 3.05) is 13.1 Å². The highest BCUT2D eigenvalue weighted by Crippen LogP contribution is 2.21. The maximum atomic E-state index is 12.3. The monoisotopic (exact) mass is 530 g/mol. The Bertz CT molecular complexity index is 1400. The van der Waals surface area contributed by atoms with Crippen LogP contribution in [0.5, 0.6) is 0 Å². The van der Waals surface area contributed by atoms with Gasteiger partial charge in [-0.15, -0.1) is 0 Å². The number of hydrogen-bond donors (Lipinski definition) is 3. The molecule has 0 fully saturated rings. The third kappa shape index (κ3) is 7.53. The molecule has 200 valence electrons. The first-order valence-electron chi connectivity index (χ1n) is 11.5. The van der Waals surface area contributed by atoms with Gasteiger partial charge in [-0.2, -0.15) is 13.2 Å². The predicted molar refractivity (Wildman–Crippen MR) is 133 cm³/mol. The highest BCUT2D eigenvalue weighted by atomic mass is 19.4. The lowest BCUT2D eigenvalue weighted by Crippen LogP contribution is -2.27. The molecule has 9 nitrogen and oxygen atoms in total. The second kappa shape index (κ2) is 12.7. The summed E-state index contributed by atoms with van der Waals surface area (Å²) in [6, 6.07) is 19.1. The normalized spacial score (nSPS) is 11.1. The number of aromatic nitrogens is 2. The summed E-state index contributed by atoms with van der Waals surface area (Å²) in [6.07, 6.45) is -2.43. The number of fused-ring (bicyclic) bond motifs is 1. The first kappa shape index (κ1) is 28.1. The molecule has 4 aromatic rings. The molecule has 0 spiro atoms. The van der Waals surface area contributed by atoms with Crippen LogP contribution >= 0.6 is 0 Å². The lowest BCUT2D eigenvalue weighted by atomic mass is 10.1. The second-order valence-electron chi connectivity index (χ2n) is 8.09. The van der Waals surface area contributed by atoms with Crippen LogP contribution in [-0.4, -0.2) is 51.9 Å². The molecule has 4 rings (SSSR count). The van der Waals surface area contributed by atoms with Crippen LogP contribution in [0.1, 0.15) is 34.2 Å². The summed E-state index contributed by atoms with van der Waals surface area (Å²) in [5.41, 5.74) is 3.14. The molecule has 3 N–H and O–H groups in total. The van der Waals surface area contributed by atoms with Crippen molar-refractivity contribution in [3.05, 3.63) is 78.1 Å². The van der Waals surface area contributed by atoms with Crippen LogP contribution in [0.4, 0.5) is 13.2 Å². The predicted octanol–water partition coefficient (Wildman–Crippen LogP) is 4.50. The quantitative estimate of drug-likeness (QED) is 0.286. The zero-order valence-electron chi connectivity index (χ0n) is 20.3. The van der Waals surface area contributed by atoms with Gasteiger partial charge in [-0.1, -0.05) is 53.7 Å². The van der Waals surface area contributed by atoms with Crippen molar-refractivity contribution in [2.45, 2.75) is 26.1 Å². The Kier molecular flexibility index (Phi) is 9.39. The van der Waals surface area contributed by atoms with Crippen molar-refractivity contribution < 1.29 is 37.2 Å². The lowest BCUT2D eigenvalue weighted by molar-refractivity contribution is -0.192. The van der Waals surface area contributed by atoms with Gasteiger partial charge >= 0.3 is 12.1 Å². The summed E-state index contributed by atoms with van der Waals surface area (Å²) in [4.78, 5) is 33.0. The number of rotatable bonds is 8. The third-order valence-corrected chi connectivity index (χ3v) is 5.31. The summed E-state index contributed by atoms with van der Waals surface area (Å²) >= 11 is 0. The van der Waals surface area contributed by atoms with Gasteiger partial charge in [-0.25, -0.2) is 4.79 Å². The Hall–Kier alpha value is -4.45. The van der Waals surface area contributed by atoms with Gasteiger partial charge in [0.15, 0.2) is 11.5 Å². The summed E-state index contributed by atoms with van der Waals surface area (Å²) in [6.45, 7) is 3.46. The fraction of sp³-hybridized carbons (Fsp3) is 0.231. The Morgan fingerprint density at radius 2 is 1.68 bits per heavy atom. The van der Waals surface area contributed by atoms with Gasteiger partial charge < -0.3 is 20.3 Å². The summed E-state index contributed by atoms with van der Waals surface area (Å²) in [7, 11) is 0. The van der Waals surface area contributed by atoms with E-state index in [-0.39, 0.29) is 17.5 Å². The number of benzene rings is 2. The fourth-order valence-corrected chi connectivity index (χ4v) is 3.50. The standard InChI is InChI=1S/C24H24N4O3.C2HF3O2/c1-17(29)28-16-19(20-10-5-6-11-22(20)28)15-25-12-7-13-26-24(30)21-14-23(31-27-21)18-8-3-2-4-9-18;3-2(4,5)1(6)7/h2-6,8-11,14,16,25H,7,12-13,15H2,1H3,(H,26,30);(H,6,7). The Labute approximate surface area is 215 Å². The molecule has 0 aliphatic rings. The molecule has 2 aromatic heterocycles. The lowest BCUT2D eigenvalue weighted by Gasteiger charge is -2.05. The number of nitrogens with one attached hydrogen (secondary N) is 2. The summed E-state index contributed by atoms with van der Waals surface area (Å²) < 4.78 is 38.7. The van der Waals surface area contributed by atoms with E-state index in [0.29, 0.717) is 18.8 Å². The molecular formula is C26H25F3N4O5. The molecule has 2 aromatic carbocycles. The number of carbonyl (C=O) groups is 3. The highest BCUT2D eigenvalue weighted by Gasteiger charge is 2.38. The Balaban J connectivity index is 0.000000505. The van der Waals surface area contributed by atoms with E-state index < -0.39 is 12.1 Å². The van der Waals surface area contributed by atoms with Crippen molar-refractivity contribution in [2.24, 2.45) is 0 Å². The number of para-hydroxylation sites is 1. The maximum absolute atomic E-state index is 12.3. The smallest absolute Gasteiger partial charge is 0.475 e. The molecule has 0 atom stereocenters. The van der Waals surface area contributed by atoms with E-state index in [1.165, 1.54) is 0 Å². The van der Waals surface area contributed by atoms with Crippen molar-refractivity contribution in [1.82, 2.24) is 20.4 Å². The van der Waals surface area contributed by atoms with Gasteiger partial charge in [-0.05, 0) is 24.6 Å². The van der Waals surface area contributed by atoms with Gasteiger partial charge in [0.1, 0.15) is 0 Å². The number of carboxylic acid groups (broad SMARTS) is 1. The SMILES string of the molecule is CC(=O)n1cc(CNCCCNC(=O)c2cc(-c3ccccc3)on2)c2ccccc21.O=C(O)C(F)(F)F. The number of amides is 1. The number of carbonyl (C=O) groups excluding carboxylic acids is 2. The van der Waals surface area contributed by atoms with Crippen LogP contribution in [-0.2, 0) is 11.3 Å². The van der Waals surface area contributed by atoms with Gasteiger partial charge in [0.25, 0.3) is 5.91 Å². The molecule has 0 saturated carbocycles. The van der Waals surface area contributed by atoms with Gasteiger partial charge in [0.2, 0.25) is 5.91 Å². The van der Waals surface area contributed by atoms with Gasteiger partial charge in [-0.3, -0.25) is 14.2 Å². The fourth-order valence-electron chi connectivity index (χ4n) is 3.50. The minimum atomic E-state index is -5.08. The van der Waals surface area contributed by atoms with Crippen LogP contribution in [0.15, 0.2) is 71.4 Å². The average Bonchev–Trinajstić information content (AvgIpc) is 3.52. The highest BCUT2D eigenvalue weighted by molar-refractivity contribution is 5.94. The Morgan fingerprint density at radius 1 is 1.03 bits per heavy atom. The van der Waals surface area contributed by atoms with Crippen LogP contribution in [0.25, 0.3) is 22.2 Å². The number of aliphatic carboxylic acids is 1. The Morgan fingerprint density at radius 3 is 2.34 bits per heavy atom. The van der Waals surface area contributed by atoms with Crippen LogP contribution in [0, 0.1) is 0 Å². The van der Waals surface area contributed by atoms with Crippen molar-refractivity contribution in [1.29, 1.82) is 0 Å². The number of nitrogens with zero attached hydrogens (tertiary/aromatic N) is 2. The topological polar surface area (TPSA) is 126 Å².